The Morgan fingerprint density at radius 2 is 2.13 bits per heavy atom. The highest BCUT2D eigenvalue weighted by Crippen LogP contribution is 2.28. The smallest absolute Gasteiger partial charge is 0.321 e. The van der Waals surface area contributed by atoms with E-state index in [2.05, 4.69) is 22.2 Å². The van der Waals surface area contributed by atoms with E-state index in [1.54, 1.807) is 18.2 Å². The maximum atomic E-state index is 13.2. The van der Waals surface area contributed by atoms with Crippen molar-refractivity contribution >= 4 is 34.7 Å². The van der Waals surface area contributed by atoms with Crippen LogP contribution in [0.25, 0.3) is 11.0 Å². The molecule has 2 rings (SSSR count). The summed E-state index contributed by atoms with van der Waals surface area (Å²) in [5.74, 6) is -0.818. The molecule has 0 unspecified atom stereocenters. The number of rotatable bonds is 6. The number of imidazole rings is 1. The minimum atomic E-state index is -2.77. The zero-order valence-electron chi connectivity index (χ0n) is 12.0. The van der Waals surface area contributed by atoms with Crippen LogP contribution in [0.3, 0.4) is 0 Å². The van der Waals surface area contributed by atoms with Gasteiger partial charge in [-0.2, -0.15) is 8.78 Å². The summed E-state index contributed by atoms with van der Waals surface area (Å²) in [6.07, 6.45) is 1.46. The maximum absolute atomic E-state index is 13.2. The van der Waals surface area contributed by atoms with E-state index in [0.717, 1.165) is 16.3 Å². The van der Waals surface area contributed by atoms with E-state index in [-0.39, 0.29) is 23.0 Å². The number of hydrogen-bond acceptors (Lipinski definition) is 4. The first-order valence-corrected chi connectivity index (χ1v) is 7.58. The number of hydrogen-bond donors (Lipinski definition) is 2. The molecule has 0 saturated heterocycles. The van der Waals surface area contributed by atoms with Crippen molar-refractivity contribution in [1.29, 1.82) is 0 Å². The van der Waals surface area contributed by atoms with Gasteiger partial charge in [-0.15, -0.1) is 6.58 Å². The van der Waals surface area contributed by atoms with Gasteiger partial charge in [-0.05, 0) is 12.1 Å². The van der Waals surface area contributed by atoms with Crippen LogP contribution in [0.2, 0.25) is 0 Å². The lowest BCUT2D eigenvalue weighted by atomic mass is 10.3. The van der Waals surface area contributed by atoms with Crippen molar-refractivity contribution in [3.63, 3.8) is 0 Å². The fourth-order valence-electron chi connectivity index (χ4n) is 1.81. The number of fused-ring (bicyclic) bond motifs is 1. The normalized spacial score (nSPS) is 10.7. The lowest BCUT2D eigenvalue weighted by Gasteiger charge is -2.07. The van der Waals surface area contributed by atoms with Crippen molar-refractivity contribution in [2.24, 2.45) is 0 Å². The van der Waals surface area contributed by atoms with Gasteiger partial charge in [0.25, 0.3) is 0 Å². The summed E-state index contributed by atoms with van der Waals surface area (Å²) in [7, 11) is 0. The van der Waals surface area contributed by atoms with Crippen LogP contribution in [0.1, 0.15) is 6.55 Å². The Morgan fingerprint density at radius 1 is 1.39 bits per heavy atom. The minimum Gasteiger partial charge on any atom is -0.334 e. The van der Waals surface area contributed by atoms with Crippen LogP contribution in [-0.4, -0.2) is 33.8 Å². The van der Waals surface area contributed by atoms with Gasteiger partial charge in [0.15, 0.2) is 5.16 Å². The molecule has 0 fully saturated rings. The van der Waals surface area contributed by atoms with Gasteiger partial charge in [0.1, 0.15) is 0 Å². The van der Waals surface area contributed by atoms with E-state index in [4.69, 9.17) is 0 Å². The highest BCUT2D eigenvalue weighted by Gasteiger charge is 2.19. The topological polar surface area (TPSA) is 76.0 Å². The van der Waals surface area contributed by atoms with Gasteiger partial charge < -0.3 is 5.32 Å². The number of imide groups is 1. The van der Waals surface area contributed by atoms with E-state index in [1.165, 1.54) is 12.1 Å². The van der Waals surface area contributed by atoms with Gasteiger partial charge in [0, 0.05) is 6.54 Å². The van der Waals surface area contributed by atoms with Crippen LogP contribution in [0.5, 0.6) is 0 Å². The molecule has 1 heterocycles. The van der Waals surface area contributed by atoms with Crippen LogP contribution in [-0.2, 0) is 4.79 Å². The first-order valence-electron chi connectivity index (χ1n) is 6.59. The minimum absolute atomic E-state index is 0.0165. The number of amides is 3. The second kappa shape index (κ2) is 7.73. The Balaban J connectivity index is 2.04. The fourth-order valence-corrected chi connectivity index (χ4v) is 2.63. The van der Waals surface area contributed by atoms with Gasteiger partial charge in [-0.25, -0.2) is 9.78 Å². The monoisotopic (exact) mass is 340 g/mol. The summed E-state index contributed by atoms with van der Waals surface area (Å²) in [4.78, 5) is 27.0. The van der Waals surface area contributed by atoms with Gasteiger partial charge in [-0.1, -0.05) is 30.0 Å². The van der Waals surface area contributed by atoms with Crippen molar-refractivity contribution in [2.75, 3.05) is 12.3 Å². The van der Waals surface area contributed by atoms with Crippen LogP contribution in [0.4, 0.5) is 13.6 Å². The third-order valence-corrected chi connectivity index (χ3v) is 3.70. The standard InChI is InChI=1S/C14H14F2N4O2S/c1-2-7-17-13(22)19-11(21)8-23-14-18-9-5-3-4-6-10(9)20(14)12(15)16/h2-6,12H,1,7-8H2,(H2,17,19,21,22). The molecular weight excluding hydrogens is 326 g/mol. The molecule has 0 radical (unpaired) electrons. The third kappa shape index (κ3) is 4.28. The lowest BCUT2D eigenvalue weighted by Crippen LogP contribution is -2.40. The zero-order chi connectivity index (χ0) is 16.8. The van der Waals surface area contributed by atoms with Crippen LogP contribution >= 0.6 is 11.8 Å². The first kappa shape index (κ1) is 16.9. The number of aromatic nitrogens is 2. The number of urea groups is 1. The van der Waals surface area contributed by atoms with Crippen molar-refractivity contribution in [3.05, 3.63) is 36.9 Å². The second-order valence-electron chi connectivity index (χ2n) is 4.37. The number of para-hydroxylation sites is 2. The first-order chi connectivity index (χ1) is 11.0. The molecule has 3 amide bonds. The Kier molecular flexibility index (Phi) is 5.69. The molecule has 0 atom stereocenters. The summed E-state index contributed by atoms with van der Waals surface area (Å²) < 4.78 is 27.2. The van der Waals surface area contributed by atoms with E-state index in [0.29, 0.717) is 5.52 Å². The number of nitrogens with zero attached hydrogens (tertiary/aromatic N) is 2. The molecule has 23 heavy (non-hydrogen) atoms. The molecule has 0 aliphatic rings. The molecule has 1 aromatic carbocycles. The molecule has 9 heteroatoms. The van der Waals surface area contributed by atoms with E-state index in [9.17, 15) is 18.4 Å². The number of alkyl halides is 2. The molecule has 0 aliphatic carbocycles. The molecule has 2 aromatic rings. The quantitative estimate of drug-likeness (QED) is 0.626. The summed E-state index contributed by atoms with van der Waals surface area (Å²) in [6, 6.07) is 5.80. The Bertz CT molecular complexity index is 733. The van der Waals surface area contributed by atoms with E-state index < -0.39 is 18.5 Å². The average molecular weight is 340 g/mol. The highest BCUT2D eigenvalue weighted by molar-refractivity contribution is 7.99. The molecular formula is C14H14F2N4O2S. The molecule has 1 aromatic heterocycles. The zero-order valence-corrected chi connectivity index (χ0v) is 12.8. The summed E-state index contributed by atoms with van der Waals surface area (Å²) in [5.41, 5.74) is 0.702. The van der Waals surface area contributed by atoms with Crippen molar-refractivity contribution in [3.8, 4) is 0 Å². The lowest BCUT2D eigenvalue weighted by molar-refractivity contribution is -0.117. The van der Waals surface area contributed by atoms with E-state index in [1.807, 2.05) is 0 Å². The average Bonchev–Trinajstić information content (AvgIpc) is 2.89. The third-order valence-electron chi connectivity index (χ3n) is 2.75. The Hall–Kier alpha value is -2.42. The van der Waals surface area contributed by atoms with Crippen molar-refractivity contribution in [1.82, 2.24) is 20.2 Å². The number of carbonyl (C=O) groups excluding carboxylic acids is 2. The van der Waals surface area contributed by atoms with Crippen LogP contribution in [0.15, 0.2) is 42.1 Å². The van der Waals surface area contributed by atoms with Crippen LogP contribution < -0.4 is 10.6 Å². The molecule has 0 aliphatic heterocycles. The molecule has 0 saturated carbocycles. The van der Waals surface area contributed by atoms with Crippen molar-refractivity contribution < 1.29 is 18.4 Å². The molecule has 122 valence electrons. The van der Waals surface area contributed by atoms with Crippen LogP contribution in [0, 0.1) is 0 Å². The SMILES string of the molecule is C=CCNC(=O)NC(=O)CSc1nc2ccccc2n1C(F)F. The number of thioether (sulfide) groups is 1. The molecule has 0 bridgehead atoms. The highest BCUT2D eigenvalue weighted by atomic mass is 32.2. The van der Waals surface area contributed by atoms with E-state index >= 15 is 0 Å². The summed E-state index contributed by atoms with van der Waals surface area (Å²) in [6.45, 7) is 0.863. The number of carbonyl (C=O) groups is 2. The van der Waals surface area contributed by atoms with Gasteiger partial charge in [0.05, 0.1) is 16.8 Å². The molecule has 6 nitrogen and oxygen atoms in total. The number of benzene rings is 1. The second-order valence-corrected chi connectivity index (χ2v) is 5.31. The maximum Gasteiger partial charge on any atom is 0.321 e. The Labute approximate surface area is 134 Å². The molecule has 2 N–H and O–H groups in total. The summed E-state index contributed by atoms with van der Waals surface area (Å²) >= 11 is 0.835. The largest absolute Gasteiger partial charge is 0.334 e. The Morgan fingerprint density at radius 3 is 2.83 bits per heavy atom. The van der Waals surface area contributed by atoms with Gasteiger partial charge in [0.2, 0.25) is 5.91 Å². The van der Waals surface area contributed by atoms with Gasteiger partial charge >= 0.3 is 12.6 Å². The summed E-state index contributed by atoms with van der Waals surface area (Å²) in [5, 5.41) is 4.48. The fraction of sp³-hybridized carbons (Fsp3) is 0.214. The predicted molar refractivity (Wildman–Crippen MR) is 83.4 cm³/mol. The van der Waals surface area contributed by atoms with Crippen molar-refractivity contribution in [2.45, 2.75) is 11.7 Å². The number of nitrogens with one attached hydrogen (secondary N) is 2. The number of halogens is 2. The molecule has 0 spiro atoms. The van der Waals surface area contributed by atoms with Gasteiger partial charge in [-0.3, -0.25) is 14.7 Å². The predicted octanol–water partition coefficient (Wildman–Crippen LogP) is 2.54.